The van der Waals surface area contributed by atoms with E-state index in [1.54, 1.807) is 0 Å². The second kappa shape index (κ2) is 2.47. The summed E-state index contributed by atoms with van der Waals surface area (Å²) in [6.07, 6.45) is 2.59. The number of rotatable bonds is 0. The lowest BCUT2D eigenvalue weighted by molar-refractivity contribution is 0.00930. The lowest BCUT2D eigenvalue weighted by atomic mass is 10.0. The lowest BCUT2D eigenvalue weighted by Crippen LogP contribution is -2.33. The largest absolute Gasteiger partial charge is 0.377 e. The highest BCUT2D eigenvalue weighted by atomic mass is 35.5. The van der Waals surface area contributed by atoms with E-state index in [1.165, 1.54) is 0 Å². The Hall–Kier alpha value is 0.250. The van der Waals surface area contributed by atoms with Gasteiger partial charge in [-0.2, -0.15) is 0 Å². The van der Waals surface area contributed by atoms with Crippen molar-refractivity contribution in [3.05, 3.63) is 0 Å². The van der Waals surface area contributed by atoms with E-state index in [0.29, 0.717) is 12.7 Å². The van der Waals surface area contributed by atoms with Crippen molar-refractivity contribution < 1.29 is 4.74 Å². The summed E-state index contributed by atoms with van der Waals surface area (Å²) in [5.74, 6) is 0. The van der Waals surface area contributed by atoms with Gasteiger partial charge in [0.15, 0.2) is 0 Å². The van der Waals surface area contributed by atoms with E-state index < -0.39 is 0 Å². The molecule has 0 aliphatic carbocycles. The molecule has 0 aromatic rings. The Morgan fingerprint density at radius 1 is 1.67 bits per heavy atom. The van der Waals surface area contributed by atoms with E-state index in [-0.39, 0.29) is 4.87 Å². The Morgan fingerprint density at radius 3 is 2.67 bits per heavy atom. The SMILES string of the molecule is C[C@H]1CC[C@](C)(Cl)CO1. The summed E-state index contributed by atoms with van der Waals surface area (Å²) in [7, 11) is 0. The second-order valence-corrected chi connectivity index (χ2v) is 3.99. The first-order chi connectivity index (χ1) is 4.10. The van der Waals surface area contributed by atoms with E-state index >= 15 is 0 Å². The maximum Gasteiger partial charge on any atom is 0.0659 e. The van der Waals surface area contributed by atoms with Crippen LogP contribution in [0.25, 0.3) is 0 Å². The van der Waals surface area contributed by atoms with Gasteiger partial charge < -0.3 is 4.74 Å². The predicted octanol–water partition coefficient (Wildman–Crippen LogP) is 2.18. The number of hydrogen-bond acceptors (Lipinski definition) is 1. The van der Waals surface area contributed by atoms with Crippen LogP contribution in [0.5, 0.6) is 0 Å². The molecule has 9 heavy (non-hydrogen) atoms. The van der Waals surface area contributed by atoms with Crippen molar-refractivity contribution in [3.63, 3.8) is 0 Å². The highest BCUT2D eigenvalue weighted by Crippen LogP contribution is 2.27. The van der Waals surface area contributed by atoms with Gasteiger partial charge in [-0.1, -0.05) is 0 Å². The quantitative estimate of drug-likeness (QED) is 0.479. The van der Waals surface area contributed by atoms with E-state index in [1.807, 2.05) is 6.92 Å². The lowest BCUT2D eigenvalue weighted by Gasteiger charge is -2.30. The molecular formula is C7H13ClO. The van der Waals surface area contributed by atoms with Crippen molar-refractivity contribution in [3.8, 4) is 0 Å². The molecule has 2 heteroatoms. The maximum absolute atomic E-state index is 6.01. The molecule has 1 saturated heterocycles. The van der Waals surface area contributed by atoms with Gasteiger partial charge in [0, 0.05) is 0 Å². The van der Waals surface area contributed by atoms with Crippen LogP contribution < -0.4 is 0 Å². The Labute approximate surface area is 61.3 Å². The average Bonchev–Trinajstić information content (AvgIpc) is 1.78. The van der Waals surface area contributed by atoms with Crippen molar-refractivity contribution in [1.29, 1.82) is 0 Å². The van der Waals surface area contributed by atoms with Gasteiger partial charge in [-0.25, -0.2) is 0 Å². The van der Waals surface area contributed by atoms with Crippen molar-refractivity contribution in [2.75, 3.05) is 6.61 Å². The first kappa shape index (κ1) is 7.36. The van der Waals surface area contributed by atoms with E-state index in [0.717, 1.165) is 12.8 Å². The molecule has 1 heterocycles. The van der Waals surface area contributed by atoms with Gasteiger partial charge >= 0.3 is 0 Å². The number of hydrogen-bond donors (Lipinski definition) is 0. The zero-order valence-corrected chi connectivity index (χ0v) is 6.74. The molecule has 54 valence electrons. The Balaban J connectivity index is 2.35. The van der Waals surface area contributed by atoms with Crippen LogP contribution in [0.4, 0.5) is 0 Å². The molecule has 0 saturated carbocycles. The summed E-state index contributed by atoms with van der Waals surface area (Å²) in [4.78, 5) is -0.0908. The summed E-state index contributed by atoms with van der Waals surface area (Å²) >= 11 is 6.01. The Bertz CT molecular complexity index is 91.1. The van der Waals surface area contributed by atoms with Crippen LogP contribution >= 0.6 is 11.6 Å². The molecule has 0 aromatic carbocycles. The zero-order chi connectivity index (χ0) is 6.91. The summed E-state index contributed by atoms with van der Waals surface area (Å²) in [6.45, 7) is 4.82. The Morgan fingerprint density at radius 2 is 2.33 bits per heavy atom. The smallest absolute Gasteiger partial charge is 0.0659 e. The van der Waals surface area contributed by atoms with Crippen LogP contribution in [-0.2, 0) is 4.74 Å². The van der Waals surface area contributed by atoms with Crippen LogP contribution in [0.2, 0.25) is 0 Å². The number of ether oxygens (including phenoxy) is 1. The van der Waals surface area contributed by atoms with Gasteiger partial charge in [-0.3, -0.25) is 0 Å². The maximum atomic E-state index is 6.01. The standard InChI is InChI=1S/C7H13ClO/c1-6-3-4-7(2,8)5-9-6/h6H,3-5H2,1-2H3/t6-,7-/m0/s1. The summed E-state index contributed by atoms with van der Waals surface area (Å²) < 4.78 is 5.36. The monoisotopic (exact) mass is 148 g/mol. The molecule has 0 bridgehead atoms. The minimum atomic E-state index is -0.0908. The van der Waals surface area contributed by atoms with Crippen LogP contribution in [0.15, 0.2) is 0 Å². The molecule has 2 atom stereocenters. The third-order valence-electron chi connectivity index (χ3n) is 1.74. The molecule has 1 nitrogen and oxygen atoms in total. The van der Waals surface area contributed by atoms with Crippen LogP contribution in [-0.4, -0.2) is 17.6 Å². The third kappa shape index (κ3) is 2.15. The molecule has 0 radical (unpaired) electrons. The normalized spacial score (nSPS) is 45.0. The average molecular weight is 149 g/mol. The van der Waals surface area contributed by atoms with E-state index in [9.17, 15) is 0 Å². The first-order valence-corrected chi connectivity index (χ1v) is 3.78. The number of alkyl halides is 1. The molecular weight excluding hydrogens is 136 g/mol. The van der Waals surface area contributed by atoms with Crippen molar-refractivity contribution in [1.82, 2.24) is 0 Å². The van der Waals surface area contributed by atoms with Crippen molar-refractivity contribution in [2.45, 2.75) is 37.7 Å². The Kier molecular flexibility index (Phi) is 2.02. The van der Waals surface area contributed by atoms with Crippen LogP contribution in [0.1, 0.15) is 26.7 Å². The molecule has 0 amide bonds. The first-order valence-electron chi connectivity index (χ1n) is 3.41. The minimum Gasteiger partial charge on any atom is -0.377 e. The minimum absolute atomic E-state index is 0.0908. The van der Waals surface area contributed by atoms with Gasteiger partial charge in [0.05, 0.1) is 17.6 Å². The predicted molar refractivity (Wildman–Crippen MR) is 38.9 cm³/mol. The molecule has 0 unspecified atom stereocenters. The highest BCUT2D eigenvalue weighted by Gasteiger charge is 2.27. The summed E-state index contributed by atoms with van der Waals surface area (Å²) in [5, 5.41) is 0. The topological polar surface area (TPSA) is 9.23 Å². The zero-order valence-electron chi connectivity index (χ0n) is 5.98. The summed E-state index contributed by atoms with van der Waals surface area (Å²) in [5.41, 5.74) is 0. The fraction of sp³-hybridized carbons (Fsp3) is 1.00. The number of halogens is 1. The molecule has 1 rings (SSSR count). The molecule has 0 N–H and O–H groups in total. The van der Waals surface area contributed by atoms with Gasteiger partial charge in [0.1, 0.15) is 0 Å². The van der Waals surface area contributed by atoms with Crippen LogP contribution in [0, 0.1) is 0 Å². The molecule has 0 spiro atoms. The van der Waals surface area contributed by atoms with Gasteiger partial charge in [-0.15, -0.1) is 11.6 Å². The molecule has 1 fully saturated rings. The van der Waals surface area contributed by atoms with Crippen LogP contribution in [0.3, 0.4) is 0 Å². The molecule has 0 aromatic heterocycles. The second-order valence-electron chi connectivity index (χ2n) is 3.07. The fourth-order valence-corrected chi connectivity index (χ4v) is 1.15. The molecule has 1 aliphatic rings. The molecule has 1 aliphatic heterocycles. The van der Waals surface area contributed by atoms with Gasteiger partial charge in [0.25, 0.3) is 0 Å². The van der Waals surface area contributed by atoms with E-state index in [4.69, 9.17) is 16.3 Å². The fourth-order valence-electron chi connectivity index (χ4n) is 0.976. The highest BCUT2D eigenvalue weighted by molar-refractivity contribution is 6.23. The van der Waals surface area contributed by atoms with Gasteiger partial charge in [0.2, 0.25) is 0 Å². The van der Waals surface area contributed by atoms with Crippen molar-refractivity contribution in [2.24, 2.45) is 0 Å². The van der Waals surface area contributed by atoms with Crippen molar-refractivity contribution >= 4 is 11.6 Å². The third-order valence-corrected chi connectivity index (χ3v) is 2.04. The van der Waals surface area contributed by atoms with E-state index in [2.05, 4.69) is 6.92 Å². The summed E-state index contributed by atoms with van der Waals surface area (Å²) in [6, 6.07) is 0. The van der Waals surface area contributed by atoms with Gasteiger partial charge in [-0.05, 0) is 26.7 Å².